The topological polar surface area (TPSA) is 63.6 Å². The van der Waals surface area contributed by atoms with Gasteiger partial charge < -0.3 is 0 Å². The first-order chi connectivity index (χ1) is 12.1. The molecule has 0 unspecified atom stereocenters. The van der Waals surface area contributed by atoms with Crippen LogP contribution in [0.4, 0.5) is 0 Å². The zero-order valence-electron chi connectivity index (χ0n) is 17.2. The maximum atomic E-state index is 10.3. The van der Waals surface area contributed by atoms with Gasteiger partial charge in [0.05, 0.1) is 6.61 Å². The molecule has 0 atom stereocenters. The largest absolute Gasteiger partial charge is 2.00 e. The minimum absolute atomic E-state index is 0. The van der Waals surface area contributed by atoms with E-state index in [0.717, 1.165) is 12.8 Å². The van der Waals surface area contributed by atoms with Crippen LogP contribution in [0.5, 0.6) is 0 Å². The van der Waals surface area contributed by atoms with Gasteiger partial charge in [-0.25, -0.2) is 4.18 Å². The molecule has 0 saturated heterocycles. The van der Waals surface area contributed by atoms with Crippen molar-refractivity contribution in [2.45, 2.75) is 122 Å². The Hall–Kier alpha value is 1.13. The number of rotatable bonds is 20. The third-order valence-electron chi connectivity index (χ3n) is 4.73. The summed E-state index contributed by atoms with van der Waals surface area (Å²) in [6.45, 7) is 2.37. The molecule has 0 aliphatic rings. The molecule has 6 heteroatoms. The van der Waals surface area contributed by atoms with Crippen LogP contribution in [0.2, 0.25) is 0 Å². The summed E-state index contributed by atoms with van der Waals surface area (Å²) < 4.78 is 33.4. The molecule has 0 saturated carbocycles. The van der Waals surface area contributed by atoms with Crippen molar-refractivity contribution in [3.8, 4) is 0 Å². The molecule has 0 spiro atoms. The average molecular weight is 419 g/mol. The first-order valence-electron chi connectivity index (χ1n) is 10.7. The maximum absolute atomic E-state index is 10.3. The van der Waals surface area contributed by atoms with Crippen LogP contribution in [0.25, 0.3) is 0 Å². The SMILES string of the molecule is CCCCCCCCCCCCCCCCCCCCOS(=O)(=O)O.[Ca+2]. The summed E-state index contributed by atoms with van der Waals surface area (Å²) in [5.41, 5.74) is 0. The average Bonchev–Trinajstić information content (AvgIpc) is 2.56. The molecule has 0 aromatic heterocycles. The van der Waals surface area contributed by atoms with Crippen LogP contribution in [0.1, 0.15) is 122 Å². The van der Waals surface area contributed by atoms with E-state index in [4.69, 9.17) is 4.55 Å². The fourth-order valence-electron chi connectivity index (χ4n) is 3.17. The van der Waals surface area contributed by atoms with Crippen LogP contribution in [0, 0.1) is 0 Å². The molecule has 0 aromatic rings. The van der Waals surface area contributed by atoms with Crippen molar-refractivity contribution in [1.82, 2.24) is 0 Å². The molecule has 0 amide bonds. The molecule has 0 bridgehead atoms. The zero-order valence-corrected chi connectivity index (χ0v) is 20.2. The van der Waals surface area contributed by atoms with E-state index in [1.807, 2.05) is 0 Å². The van der Waals surface area contributed by atoms with Crippen molar-refractivity contribution in [3.63, 3.8) is 0 Å². The molecule has 152 valence electrons. The predicted octanol–water partition coefficient (Wildman–Crippen LogP) is 6.47. The Morgan fingerprint density at radius 2 is 0.846 bits per heavy atom. The summed E-state index contributed by atoms with van der Waals surface area (Å²) in [5, 5.41) is 0. The van der Waals surface area contributed by atoms with Gasteiger partial charge in [0.25, 0.3) is 0 Å². The van der Waals surface area contributed by atoms with Crippen LogP contribution in [0.3, 0.4) is 0 Å². The molecule has 26 heavy (non-hydrogen) atoms. The van der Waals surface area contributed by atoms with Gasteiger partial charge in [0, 0.05) is 0 Å². The van der Waals surface area contributed by atoms with Gasteiger partial charge in [0.2, 0.25) is 0 Å². The summed E-state index contributed by atoms with van der Waals surface area (Å²) in [7, 11) is -4.25. The molecular weight excluding hydrogens is 376 g/mol. The van der Waals surface area contributed by atoms with Gasteiger partial charge in [0.1, 0.15) is 0 Å². The van der Waals surface area contributed by atoms with E-state index in [1.54, 1.807) is 0 Å². The van der Waals surface area contributed by atoms with Crippen LogP contribution in [0.15, 0.2) is 0 Å². The van der Waals surface area contributed by atoms with E-state index in [9.17, 15) is 8.42 Å². The van der Waals surface area contributed by atoms with Gasteiger partial charge in [-0.1, -0.05) is 116 Å². The fraction of sp³-hybridized carbons (Fsp3) is 1.00. The molecule has 0 heterocycles. The maximum Gasteiger partial charge on any atom is 2.00 e. The molecule has 0 radical (unpaired) electrons. The van der Waals surface area contributed by atoms with Crippen LogP contribution in [-0.2, 0) is 14.6 Å². The minimum atomic E-state index is -4.25. The molecular formula is C20H42CaO4S+2. The molecule has 0 aliphatic heterocycles. The monoisotopic (exact) mass is 418 g/mol. The van der Waals surface area contributed by atoms with Gasteiger partial charge >= 0.3 is 48.1 Å². The summed E-state index contributed by atoms with van der Waals surface area (Å²) in [5.74, 6) is 0. The number of unbranched alkanes of at least 4 members (excludes halogenated alkanes) is 17. The first kappa shape index (κ1) is 29.3. The molecule has 0 rings (SSSR count). The van der Waals surface area contributed by atoms with Gasteiger partial charge in [0.15, 0.2) is 0 Å². The van der Waals surface area contributed by atoms with Crippen molar-refractivity contribution in [2.75, 3.05) is 6.61 Å². The fourth-order valence-corrected chi connectivity index (χ4v) is 3.50. The van der Waals surface area contributed by atoms with E-state index in [2.05, 4.69) is 11.1 Å². The molecule has 0 aliphatic carbocycles. The van der Waals surface area contributed by atoms with Crippen molar-refractivity contribution in [3.05, 3.63) is 0 Å². The summed E-state index contributed by atoms with van der Waals surface area (Å²) >= 11 is 0. The van der Waals surface area contributed by atoms with Crippen LogP contribution < -0.4 is 0 Å². The van der Waals surface area contributed by atoms with E-state index in [1.165, 1.54) is 96.3 Å². The Bertz CT molecular complexity index is 361. The van der Waals surface area contributed by atoms with E-state index >= 15 is 0 Å². The van der Waals surface area contributed by atoms with E-state index in [-0.39, 0.29) is 44.3 Å². The molecule has 0 aromatic carbocycles. The van der Waals surface area contributed by atoms with Crippen molar-refractivity contribution >= 4 is 48.1 Å². The van der Waals surface area contributed by atoms with Crippen LogP contribution in [-0.4, -0.2) is 57.3 Å². The Morgan fingerprint density at radius 3 is 1.12 bits per heavy atom. The Morgan fingerprint density at radius 1 is 0.577 bits per heavy atom. The zero-order chi connectivity index (χ0) is 18.6. The second kappa shape index (κ2) is 22.4. The Balaban J connectivity index is 0. The third kappa shape index (κ3) is 27.3. The van der Waals surface area contributed by atoms with Gasteiger partial charge in [-0.15, -0.1) is 0 Å². The van der Waals surface area contributed by atoms with Crippen LogP contribution >= 0.6 is 0 Å². The van der Waals surface area contributed by atoms with Crippen molar-refractivity contribution in [1.29, 1.82) is 0 Å². The second-order valence-electron chi connectivity index (χ2n) is 7.26. The normalized spacial score (nSPS) is 11.5. The number of hydrogen-bond acceptors (Lipinski definition) is 3. The van der Waals surface area contributed by atoms with Gasteiger partial charge in [-0.3, -0.25) is 4.55 Å². The standard InChI is InChI=1S/C20H42O4S.Ca/c1-2-3-4-5-6-7-8-9-10-11-12-13-14-15-16-17-18-19-20-24-25(21,22)23;/h2-20H2,1H3,(H,21,22,23);/q;+2. The van der Waals surface area contributed by atoms with E-state index in [0.29, 0.717) is 6.42 Å². The van der Waals surface area contributed by atoms with Crippen molar-refractivity contribution < 1.29 is 17.2 Å². The third-order valence-corrected chi connectivity index (χ3v) is 5.19. The first-order valence-corrected chi connectivity index (χ1v) is 12.0. The molecule has 0 fully saturated rings. The van der Waals surface area contributed by atoms with Gasteiger partial charge in [-0.05, 0) is 6.42 Å². The second-order valence-corrected chi connectivity index (χ2v) is 8.35. The quantitative estimate of drug-likeness (QED) is 0.140. The Labute approximate surface area is 193 Å². The number of hydrogen-bond donors (Lipinski definition) is 1. The summed E-state index contributed by atoms with van der Waals surface area (Å²) in [6.07, 6.45) is 23.4. The summed E-state index contributed by atoms with van der Waals surface area (Å²) in [6, 6.07) is 0. The predicted molar refractivity (Wildman–Crippen MR) is 112 cm³/mol. The van der Waals surface area contributed by atoms with Gasteiger partial charge in [-0.2, -0.15) is 8.42 Å². The van der Waals surface area contributed by atoms with E-state index < -0.39 is 10.4 Å². The minimum Gasteiger partial charge on any atom is -0.264 e. The Kier molecular flexibility index (Phi) is 25.3. The smallest absolute Gasteiger partial charge is 0.264 e. The molecule has 4 nitrogen and oxygen atoms in total. The summed E-state index contributed by atoms with van der Waals surface area (Å²) in [4.78, 5) is 0. The van der Waals surface area contributed by atoms with Crippen molar-refractivity contribution in [2.24, 2.45) is 0 Å². The molecule has 1 N–H and O–H groups in total.